The summed E-state index contributed by atoms with van der Waals surface area (Å²) in [6.07, 6.45) is 3.33. The Hall–Kier alpha value is -3.86. The van der Waals surface area contributed by atoms with Gasteiger partial charge in [0.15, 0.2) is 6.10 Å². The van der Waals surface area contributed by atoms with E-state index >= 15 is 0 Å². The number of esters is 1. The largest absolute Gasteiger partial charge is 0.458 e. The molecule has 1 amide bonds. The maximum Gasteiger partial charge on any atom is 0.340 e. The third kappa shape index (κ3) is 7.10. The van der Waals surface area contributed by atoms with Gasteiger partial charge in [-0.1, -0.05) is 56.5 Å². The first-order valence-corrected chi connectivity index (χ1v) is 12.3. The van der Waals surface area contributed by atoms with E-state index in [2.05, 4.69) is 5.32 Å². The predicted molar refractivity (Wildman–Crippen MR) is 134 cm³/mol. The van der Waals surface area contributed by atoms with Crippen molar-refractivity contribution in [3.63, 3.8) is 0 Å². The Morgan fingerprint density at radius 2 is 1.59 bits per heavy atom. The lowest BCUT2D eigenvalue weighted by molar-refractivity contribution is -0.394. The van der Waals surface area contributed by atoms with Gasteiger partial charge >= 0.3 is 5.97 Å². The molecule has 2 aromatic carbocycles. The molecule has 11 nitrogen and oxygen atoms in total. The Kier molecular flexibility index (Phi) is 9.67. The summed E-state index contributed by atoms with van der Waals surface area (Å²) in [4.78, 5) is 47.4. The highest BCUT2D eigenvalue weighted by Crippen LogP contribution is 2.31. The number of nitro groups is 2. The van der Waals surface area contributed by atoms with Crippen LogP contribution in [-0.4, -0.2) is 41.0 Å². The van der Waals surface area contributed by atoms with Gasteiger partial charge in [0.05, 0.1) is 27.5 Å². The number of ether oxygens (including phenoxy) is 2. The van der Waals surface area contributed by atoms with Crippen molar-refractivity contribution in [2.75, 3.05) is 7.11 Å². The molecule has 0 bridgehead atoms. The molecule has 3 rings (SSSR count). The standard InChI is InChI=1S/C26H31N3O8/c1-3-22(37-26(31)24(36-2)18-12-8-5-9-13-18)23(17-10-6-4-7-11-17)27-25(30)19-14-20(28(32)33)16-21(15-19)29(34)35/h5,8-9,12-17,22-24H,3-4,6-7,10-11H2,1-2H3,(H,27,30)/t22-,23+,24+/m0/s1. The van der Waals surface area contributed by atoms with Crippen LogP contribution in [0.5, 0.6) is 0 Å². The zero-order valence-corrected chi connectivity index (χ0v) is 20.8. The van der Waals surface area contributed by atoms with Gasteiger partial charge in [-0.3, -0.25) is 25.0 Å². The Labute approximate surface area is 214 Å². The van der Waals surface area contributed by atoms with Crippen LogP contribution in [0.15, 0.2) is 48.5 Å². The molecule has 0 saturated heterocycles. The molecule has 0 unspecified atom stereocenters. The maximum absolute atomic E-state index is 13.2. The summed E-state index contributed by atoms with van der Waals surface area (Å²) in [6, 6.07) is 11.1. The van der Waals surface area contributed by atoms with E-state index in [1.54, 1.807) is 24.3 Å². The average molecular weight is 514 g/mol. The number of carbonyl (C=O) groups excluding carboxylic acids is 2. The zero-order chi connectivity index (χ0) is 26.9. The molecule has 1 aliphatic rings. The monoisotopic (exact) mass is 513 g/mol. The van der Waals surface area contributed by atoms with E-state index < -0.39 is 51.3 Å². The van der Waals surface area contributed by atoms with E-state index in [1.807, 2.05) is 13.0 Å². The molecule has 198 valence electrons. The minimum Gasteiger partial charge on any atom is -0.458 e. The number of nitrogens with zero attached hydrogens (tertiary/aromatic N) is 2. The van der Waals surface area contributed by atoms with Gasteiger partial charge in [-0.15, -0.1) is 0 Å². The van der Waals surface area contributed by atoms with Crippen molar-refractivity contribution >= 4 is 23.3 Å². The fourth-order valence-electron chi connectivity index (χ4n) is 4.80. The smallest absolute Gasteiger partial charge is 0.340 e. The van der Waals surface area contributed by atoms with E-state index in [1.165, 1.54) is 7.11 Å². The lowest BCUT2D eigenvalue weighted by Crippen LogP contribution is -2.50. The number of benzene rings is 2. The Morgan fingerprint density at radius 1 is 1.00 bits per heavy atom. The normalized spacial score (nSPS) is 16.3. The molecule has 2 aromatic rings. The Bertz CT molecular complexity index is 1090. The summed E-state index contributed by atoms with van der Waals surface area (Å²) in [5, 5.41) is 25.5. The third-order valence-electron chi connectivity index (χ3n) is 6.66. The molecule has 0 heterocycles. The number of non-ortho nitro benzene ring substituents is 2. The van der Waals surface area contributed by atoms with Crippen molar-refractivity contribution in [2.45, 2.75) is 63.7 Å². The van der Waals surface area contributed by atoms with E-state index in [4.69, 9.17) is 9.47 Å². The SMILES string of the molecule is CC[C@H](OC(=O)[C@H](OC)c1ccccc1)[C@H](NC(=O)c1cc([N+](=O)[O-])cc([N+](=O)[O-])c1)C1CCCCC1. The van der Waals surface area contributed by atoms with E-state index in [-0.39, 0.29) is 11.5 Å². The van der Waals surface area contributed by atoms with Crippen LogP contribution >= 0.6 is 0 Å². The van der Waals surface area contributed by atoms with Crippen molar-refractivity contribution in [2.24, 2.45) is 5.92 Å². The molecule has 0 aliphatic heterocycles. The Balaban J connectivity index is 1.88. The summed E-state index contributed by atoms with van der Waals surface area (Å²) in [6.45, 7) is 1.84. The molecule has 1 aliphatic carbocycles. The number of nitro benzene ring substituents is 2. The fraction of sp³-hybridized carbons (Fsp3) is 0.462. The van der Waals surface area contributed by atoms with Crippen LogP contribution in [0.3, 0.4) is 0 Å². The van der Waals surface area contributed by atoms with Crippen molar-refractivity contribution in [1.82, 2.24) is 5.32 Å². The van der Waals surface area contributed by atoms with Gasteiger partial charge in [0, 0.05) is 19.2 Å². The summed E-state index contributed by atoms with van der Waals surface area (Å²) in [5.74, 6) is -1.30. The van der Waals surface area contributed by atoms with Crippen molar-refractivity contribution in [3.8, 4) is 0 Å². The highest BCUT2D eigenvalue weighted by atomic mass is 16.6. The minimum atomic E-state index is -0.947. The van der Waals surface area contributed by atoms with Crippen LogP contribution in [0.2, 0.25) is 0 Å². The van der Waals surface area contributed by atoms with Crippen molar-refractivity contribution in [1.29, 1.82) is 0 Å². The molecule has 1 fully saturated rings. The van der Waals surface area contributed by atoms with E-state index in [0.29, 0.717) is 12.0 Å². The zero-order valence-electron chi connectivity index (χ0n) is 20.8. The second-order valence-corrected chi connectivity index (χ2v) is 9.06. The van der Waals surface area contributed by atoms with Crippen LogP contribution in [0.1, 0.15) is 67.5 Å². The molecule has 37 heavy (non-hydrogen) atoms. The van der Waals surface area contributed by atoms with Crippen molar-refractivity contribution < 1.29 is 28.9 Å². The lowest BCUT2D eigenvalue weighted by atomic mass is 9.81. The number of hydrogen-bond donors (Lipinski definition) is 1. The number of rotatable bonds is 11. The molecule has 0 radical (unpaired) electrons. The van der Waals surface area contributed by atoms with Crippen LogP contribution in [-0.2, 0) is 14.3 Å². The molecule has 1 N–H and O–H groups in total. The van der Waals surface area contributed by atoms with Crippen LogP contribution < -0.4 is 5.32 Å². The number of methoxy groups -OCH3 is 1. The van der Waals surface area contributed by atoms with Gasteiger partial charge < -0.3 is 14.8 Å². The molecular weight excluding hydrogens is 482 g/mol. The molecular formula is C26H31N3O8. The molecule has 1 saturated carbocycles. The molecule has 0 aromatic heterocycles. The van der Waals surface area contributed by atoms with Gasteiger partial charge in [0.25, 0.3) is 17.3 Å². The highest BCUT2D eigenvalue weighted by Gasteiger charge is 2.36. The predicted octanol–water partition coefficient (Wildman–Crippen LogP) is 4.89. The number of carbonyl (C=O) groups is 2. The van der Waals surface area contributed by atoms with Crippen LogP contribution in [0, 0.1) is 26.1 Å². The van der Waals surface area contributed by atoms with Gasteiger partial charge in [0.2, 0.25) is 0 Å². The lowest BCUT2D eigenvalue weighted by Gasteiger charge is -2.36. The van der Waals surface area contributed by atoms with Gasteiger partial charge in [-0.2, -0.15) is 0 Å². The quantitative estimate of drug-likeness (QED) is 0.253. The first-order chi connectivity index (χ1) is 17.7. The van der Waals surface area contributed by atoms with E-state index in [9.17, 15) is 29.8 Å². The Morgan fingerprint density at radius 3 is 2.11 bits per heavy atom. The fourth-order valence-corrected chi connectivity index (χ4v) is 4.80. The third-order valence-corrected chi connectivity index (χ3v) is 6.66. The van der Waals surface area contributed by atoms with Gasteiger partial charge in [-0.05, 0) is 30.7 Å². The maximum atomic E-state index is 13.2. The number of amides is 1. The van der Waals surface area contributed by atoms with E-state index in [0.717, 1.165) is 50.3 Å². The number of nitrogens with one attached hydrogen (secondary N) is 1. The molecule has 0 spiro atoms. The summed E-state index contributed by atoms with van der Waals surface area (Å²) >= 11 is 0. The minimum absolute atomic E-state index is 0.00172. The van der Waals surface area contributed by atoms with Crippen LogP contribution in [0.4, 0.5) is 11.4 Å². The first-order valence-electron chi connectivity index (χ1n) is 12.3. The topological polar surface area (TPSA) is 151 Å². The second kappa shape index (κ2) is 12.9. The average Bonchev–Trinajstić information content (AvgIpc) is 2.91. The van der Waals surface area contributed by atoms with Gasteiger partial charge in [-0.25, -0.2) is 4.79 Å². The van der Waals surface area contributed by atoms with Crippen LogP contribution in [0.25, 0.3) is 0 Å². The second-order valence-electron chi connectivity index (χ2n) is 9.06. The summed E-state index contributed by atoms with van der Waals surface area (Å²) in [7, 11) is 1.41. The molecule has 3 atom stereocenters. The highest BCUT2D eigenvalue weighted by molar-refractivity contribution is 5.95. The number of hydrogen-bond acceptors (Lipinski definition) is 8. The van der Waals surface area contributed by atoms with Gasteiger partial charge in [0.1, 0.15) is 6.10 Å². The first kappa shape index (κ1) is 27.7. The van der Waals surface area contributed by atoms with Crippen molar-refractivity contribution in [3.05, 3.63) is 79.9 Å². The summed E-state index contributed by atoms with van der Waals surface area (Å²) < 4.78 is 11.3. The molecule has 11 heteroatoms. The summed E-state index contributed by atoms with van der Waals surface area (Å²) in [5.41, 5.74) is -0.690.